The summed E-state index contributed by atoms with van der Waals surface area (Å²) in [7, 11) is 1.65. The van der Waals surface area contributed by atoms with Gasteiger partial charge in [0.15, 0.2) is 0 Å². The summed E-state index contributed by atoms with van der Waals surface area (Å²) in [6.07, 6.45) is 6.09. The molecule has 0 radical (unpaired) electrons. The maximum Gasteiger partial charge on any atom is 0.227 e. The number of nitrogens with one attached hydrogen (secondary N) is 1. The van der Waals surface area contributed by atoms with E-state index in [-0.39, 0.29) is 18.6 Å². The molecule has 0 spiro atoms. The van der Waals surface area contributed by atoms with Crippen LogP contribution in [0.5, 0.6) is 5.75 Å². The van der Waals surface area contributed by atoms with Crippen LogP contribution < -0.4 is 4.74 Å². The number of ether oxygens (including phenoxy) is 1. The second-order valence-corrected chi connectivity index (χ2v) is 6.15. The lowest BCUT2D eigenvalue weighted by Crippen LogP contribution is -2.36. The van der Waals surface area contributed by atoms with E-state index in [0.29, 0.717) is 6.42 Å². The van der Waals surface area contributed by atoms with Gasteiger partial charge in [0.1, 0.15) is 5.75 Å². The molecule has 1 fully saturated rings. The van der Waals surface area contributed by atoms with E-state index >= 15 is 0 Å². The van der Waals surface area contributed by atoms with E-state index in [0.717, 1.165) is 54.4 Å². The van der Waals surface area contributed by atoms with Crippen molar-refractivity contribution in [2.75, 3.05) is 20.3 Å². The van der Waals surface area contributed by atoms with Crippen LogP contribution in [-0.4, -0.2) is 47.2 Å². The Morgan fingerprint density at radius 2 is 2.35 bits per heavy atom. The van der Waals surface area contributed by atoms with E-state index in [2.05, 4.69) is 4.98 Å². The SMILES string of the molecule is COc1ccc2[nH]cc(CC(=O)N3CCCC3CCCO)c2c1. The van der Waals surface area contributed by atoms with Crippen molar-refractivity contribution in [2.45, 2.75) is 38.1 Å². The van der Waals surface area contributed by atoms with E-state index in [1.807, 2.05) is 29.3 Å². The molecule has 1 aromatic heterocycles. The van der Waals surface area contributed by atoms with Crippen LogP contribution in [0.3, 0.4) is 0 Å². The molecule has 0 bridgehead atoms. The van der Waals surface area contributed by atoms with Gasteiger partial charge in [0.25, 0.3) is 0 Å². The zero-order valence-corrected chi connectivity index (χ0v) is 13.5. The first kappa shape index (κ1) is 15.9. The van der Waals surface area contributed by atoms with Gasteiger partial charge in [-0.1, -0.05) is 0 Å². The van der Waals surface area contributed by atoms with Gasteiger partial charge in [0, 0.05) is 36.3 Å². The fraction of sp³-hybridized carbons (Fsp3) is 0.500. The lowest BCUT2D eigenvalue weighted by atomic mass is 10.1. The Morgan fingerprint density at radius 1 is 1.48 bits per heavy atom. The van der Waals surface area contributed by atoms with Crippen LogP contribution in [0.25, 0.3) is 10.9 Å². The lowest BCUT2D eigenvalue weighted by Gasteiger charge is -2.24. The molecule has 1 unspecified atom stereocenters. The molecule has 23 heavy (non-hydrogen) atoms. The monoisotopic (exact) mass is 316 g/mol. The third kappa shape index (κ3) is 3.34. The number of H-pyrrole nitrogens is 1. The summed E-state index contributed by atoms with van der Waals surface area (Å²) in [6.45, 7) is 1.03. The van der Waals surface area contributed by atoms with Crippen molar-refractivity contribution in [3.05, 3.63) is 30.0 Å². The molecule has 2 aromatic rings. The van der Waals surface area contributed by atoms with Crippen molar-refractivity contribution >= 4 is 16.8 Å². The van der Waals surface area contributed by atoms with E-state index < -0.39 is 0 Å². The van der Waals surface area contributed by atoms with E-state index in [1.54, 1.807) is 7.11 Å². The van der Waals surface area contributed by atoms with Gasteiger partial charge in [0.2, 0.25) is 5.91 Å². The van der Waals surface area contributed by atoms with Crippen molar-refractivity contribution in [3.63, 3.8) is 0 Å². The quantitative estimate of drug-likeness (QED) is 0.860. The molecular formula is C18H24N2O3. The van der Waals surface area contributed by atoms with Gasteiger partial charge < -0.3 is 19.7 Å². The fourth-order valence-corrected chi connectivity index (χ4v) is 3.49. The number of aromatic amines is 1. The standard InChI is InChI=1S/C18H24N2O3/c1-23-15-6-7-17-16(11-15)13(12-19-17)10-18(22)20-8-2-4-14(20)5-3-9-21/h6-7,11-12,14,19,21H,2-5,8-10H2,1H3. The molecule has 1 saturated heterocycles. The van der Waals surface area contributed by atoms with E-state index in [9.17, 15) is 4.79 Å². The summed E-state index contributed by atoms with van der Waals surface area (Å²) in [5.41, 5.74) is 2.03. The summed E-state index contributed by atoms with van der Waals surface area (Å²) < 4.78 is 5.28. The first-order valence-corrected chi connectivity index (χ1v) is 8.27. The molecule has 5 heteroatoms. The molecular weight excluding hydrogens is 292 g/mol. The molecule has 2 heterocycles. The largest absolute Gasteiger partial charge is 0.497 e. The minimum atomic E-state index is 0.175. The number of amides is 1. The second kappa shape index (κ2) is 7.04. The molecule has 1 atom stereocenters. The second-order valence-electron chi connectivity index (χ2n) is 6.15. The van der Waals surface area contributed by atoms with E-state index in [1.165, 1.54) is 0 Å². The van der Waals surface area contributed by atoms with Gasteiger partial charge in [-0.15, -0.1) is 0 Å². The zero-order chi connectivity index (χ0) is 16.2. The highest BCUT2D eigenvalue weighted by Gasteiger charge is 2.28. The molecule has 1 aliphatic rings. The average Bonchev–Trinajstić information content (AvgIpc) is 3.19. The van der Waals surface area contributed by atoms with Gasteiger partial charge in [-0.05, 0) is 49.4 Å². The fourth-order valence-electron chi connectivity index (χ4n) is 3.49. The maximum absolute atomic E-state index is 12.7. The number of aliphatic hydroxyl groups is 1. The first-order chi connectivity index (χ1) is 11.2. The van der Waals surface area contributed by atoms with Crippen LogP contribution in [0.15, 0.2) is 24.4 Å². The molecule has 2 N–H and O–H groups in total. The number of likely N-dealkylation sites (tertiary alicyclic amines) is 1. The highest BCUT2D eigenvalue weighted by molar-refractivity contribution is 5.90. The molecule has 1 amide bonds. The third-order valence-corrected chi connectivity index (χ3v) is 4.71. The molecule has 0 aliphatic carbocycles. The number of rotatable bonds is 6. The van der Waals surface area contributed by atoms with Crippen molar-refractivity contribution in [2.24, 2.45) is 0 Å². The van der Waals surface area contributed by atoms with Crippen LogP contribution in [0.1, 0.15) is 31.2 Å². The Hall–Kier alpha value is -2.01. The average molecular weight is 316 g/mol. The number of aliphatic hydroxyl groups excluding tert-OH is 1. The topological polar surface area (TPSA) is 65.6 Å². The molecule has 5 nitrogen and oxygen atoms in total. The van der Waals surface area contributed by atoms with Gasteiger partial charge >= 0.3 is 0 Å². The number of fused-ring (bicyclic) bond motifs is 1. The number of benzene rings is 1. The van der Waals surface area contributed by atoms with Crippen molar-refractivity contribution in [3.8, 4) is 5.75 Å². The lowest BCUT2D eigenvalue weighted by molar-refractivity contribution is -0.131. The smallest absolute Gasteiger partial charge is 0.227 e. The third-order valence-electron chi connectivity index (χ3n) is 4.71. The van der Waals surface area contributed by atoms with Crippen molar-refractivity contribution in [1.29, 1.82) is 0 Å². The van der Waals surface area contributed by atoms with Crippen molar-refractivity contribution in [1.82, 2.24) is 9.88 Å². The molecule has 3 rings (SSSR count). The van der Waals surface area contributed by atoms with Crippen molar-refractivity contribution < 1.29 is 14.6 Å². The number of carbonyl (C=O) groups excluding carboxylic acids is 1. The Kier molecular flexibility index (Phi) is 4.86. The number of hydrogen-bond donors (Lipinski definition) is 2. The Bertz CT molecular complexity index is 680. The number of hydrogen-bond acceptors (Lipinski definition) is 3. The summed E-state index contributed by atoms with van der Waals surface area (Å²) in [5.74, 6) is 0.974. The molecule has 124 valence electrons. The summed E-state index contributed by atoms with van der Waals surface area (Å²) in [5, 5.41) is 10.1. The van der Waals surface area contributed by atoms with E-state index in [4.69, 9.17) is 9.84 Å². The van der Waals surface area contributed by atoms with Crippen LogP contribution in [-0.2, 0) is 11.2 Å². The Balaban J connectivity index is 1.74. The predicted molar refractivity (Wildman–Crippen MR) is 89.6 cm³/mol. The van der Waals surface area contributed by atoms with Gasteiger partial charge in [-0.3, -0.25) is 4.79 Å². The summed E-state index contributed by atoms with van der Waals surface area (Å²) in [6, 6.07) is 6.15. The normalized spacial score (nSPS) is 17.8. The number of nitrogens with zero attached hydrogens (tertiary/aromatic N) is 1. The number of carbonyl (C=O) groups is 1. The minimum absolute atomic E-state index is 0.175. The number of aromatic nitrogens is 1. The molecule has 1 aliphatic heterocycles. The van der Waals surface area contributed by atoms with Crippen LogP contribution >= 0.6 is 0 Å². The molecule has 1 aromatic carbocycles. The molecule has 0 saturated carbocycles. The van der Waals surface area contributed by atoms with Crippen LogP contribution in [0.2, 0.25) is 0 Å². The van der Waals surface area contributed by atoms with Crippen LogP contribution in [0, 0.1) is 0 Å². The van der Waals surface area contributed by atoms with Crippen LogP contribution in [0.4, 0.5) is 0 Å². The first-order valence-electron chi connectivity index (χ1n) is 8.27. The number of methoxy groups -OCH3 is 1. The zero-order valence-electron chi connectivity index (χ0n) is 13.5. The summed E-state index contributed by atoms with van der Waals surface area (Å²) in [4.78, 5) is 17.9. The minimum Gasteiger partial charge on any atom is -0.497 e. The van der Waals surface area contributed by atoms with Gasteiger partial charge in [-0.2, -0.15) is 0 Å². The Labute approximate surface area is 136 Å². The predicted octanol–water partition coefficient (Wildman–Crippen LogP) is 2.48. The van der Waals surface area contributed by atoms with Gasteiger partial charge in [0.05, 0.1) is 13.5 Å². The summed E-state index contributed by atoms with van der Waals surface area (Å²) >= 11 is 0. The Morgan fingerprint density at radius 3 is 3.13 bits per heavy atom. The maximum atomic E-state index is 12.7. The van der Waals surface area contributed by atoms with Gasteiger partial charge in [-0.25, -0.2) is 0 Å². The highest BCUT2D eigenvalue weighted by atomic mass is 16.5. The highest BCUT2D eigenvalue weighted by Crippen LogP contribution is 2.26.